The molecule has 2 aromatic carbocycles. The minimum Gasteiger partial charge on any atom is -0.484 e. The van der Waals surface area contributed by atoms with Crippen molar-refractivity contribution in [2.24, 2.45) is 0 Å². The van der Waals surface area contributed by atoms with Gasteiger partial charge in [-0.25, -0.2) is 0 Å². The fourth-order valence-electron chi connectivity index (χ4n) is 4.23. The molecule has 1 N–H and O–H groups in total. The van der Waals surface area contributed by atoms with Crippen LogP contribution in [-0.2, 0) is 16.1 Å². The monoisotopic (exact) mass is 490 g/mol. The van der Waals surface area contributed by atoms with Crippen LogP contribution in [0.2, 0.25) is 10.0 Å². The first-order valence-corrected chi connectivity index (χ1v) is 12.2. The summed E-state index contributed by atoms with van der Waals surface area (Å²) in [4.78, 5) is 27.8. The third kappa shape index (κ3) is 7.38. The molecule has 1 aliphatic rings. The molecule has 3 rings (SSSR count). The zero-order valence-corrected chi connectivity index (χ0v) is 21.0. The lowest BCUT2D eigenvalue weighted by Crippen LogP contribution is -2.51. The minimum atomic E-state index is -0.672. The summed E-state index contributed by atoms with van der Waals surface area (Å²) in [6, 6.07) is 10.5. The van der Waals surface area contributed by atoms with E-state index in [1.54, 1.807) is 25.1 Å². The number of hydrogen-bond donors (Lipinski definition) is 1. The molecule has 0 aromatic heterocycles. The number of halogens is 2. The van der Waals surface area contributed by atoms with E-state index in [0.717, 1.165) is 42.4 Å². The number of carbonyl (C=O) groups excluding carboxylic acids is 2. The lowest BCUT2D eigenvalue weighted by atomic mass is 9.95. The van der Waals surface area contributed by atoms with Crippen LogP contribution in [0.5, 0.6) is 5.75 Å². The van der Waals surface area contributed by atoms with Gasteiger partial charge in [-0.05, 0) is 74.6 Å². The number of benzene rings is 2. The fraction of sp³-hybridized carbons (Fsp3) is 0.462. The molecule has 0 spiro atoms. The van der Waals surface area contributed by atoms with Crippen molar-refractivity contribution in [1.82, 2.24) is 10.2 Å². The van der Waals surface area contributed by atoms with Crippen LogP contribution in [-0.4, -0.2) is 35.4 Å². The highest BCUT2D eigenvalue weighted by molar-refractivity contribution is 6.35. The first kappa shape index (κ1) is 25.4. The molecule has 2 amide bonds. The molecule has 0 saturated heterocycles. The summed E-state index contributed by atoms with van der Waals surface area (Å²) in [5, 5.41) is 4.10. The smallest absolute Gasteiger partial charge is 0.261 e. The van der Waals surface area contributed by atoms with Gasteiger partial charge >= 0.3 is 0 Å². The molecule has 1 aliphatic carbocycles. The van der Waals surface area contributed by atoms with Crippen molar-refractivity contribution in [2.75, 3.05) is 6.61 Å². The summed E-state index contributed by atoms with van der Waals surface area (Å²) in [6.45, 7) is 5.72. The first-order valence-electron chi connectivity index (χ1n) is 11.5. The van der Waals surface area contributed by atoms with E-state index >= 15 is 0 Å². The van der Waals surface area contributed by atoms with Gasteiger partial charge in [0.2, 0.25) is 5.91 Å². The Morgan fingerprint density at radius 3 is 2.36 bits per heavy atom. The van der Waals surface area contributed by atoms with Crippen molar-refractivity contribution in [3.8, 4) is 5.75 Å². The Hall–Kier alpha value is -2.24. The van der Waals surface area contributed by atoms with Crippen LogP contribution >= 0.6 is 23.2 Å². The Morgan fingerprint density at radius 2 is 1.73 bits per heavy atom. The van der Waals surface area contributed by atoms with Gasteiger partial charge in [0.15, 0.2) is 6.61 Å². The fourth-order valence-corrected chi connectivity index (χ4v) is 4.70. The van der Waals surface area contributed by atoms with E-state index in [1.165, 1.54) is 11.3 Å². The van der Waals surface area contributed by atoms with E-state index in [4.69, 9.17) is 27.9 Å². The van der Waals surface area contributed by atoms with Gasteiger partial charge in [0.25, 0.3) is 5.91 Å². The Balaban J connectivity index is 1.75. The maximum absolute atomic E-state index is 13.3. The number of nitrogens with zero attached hydrogens (tertiary/aromatic N) is 1. The quantitative estimate of drug-likeness (QED) is 0.504. The van der Waals surface area contributed by atoms with Gasteiger partial charge in [-0.15, -0.1) is 0 Å². The van der Waals surface area contributed by atoms with E-state index in [1.807, 2.05) is 32.0 Å². The van der Waals surface area contributed by atoms with E-state index in [2.05, 4.69) is 5.32 Å². The summed E-state index contributed by atoms with van der Waals surface area (Å²) in [7, 11) is 0. The molecule has 0 heterocycles. The molecule has 1 unspecified atom stereocenters. The van der Waals surface area contributed by atoms with Crippen molar-refractivity contribution in [1.29, 1.82) is 0 Å². The van der Waals surface area contributed by atoms with Gasteiger partial charge in [-0.1, -0.05) is 54.6 Å². The van der Waals surface area contributed by atoms with Crippen molar-refractivity contribution < 1.29 is 14.3 Å². The van der Waals surface area contributed by atoms with Crippen molar-refractivity contribution in [3.05, 3.63) is 63.1 Å². The van der Waals surface area contributed by atoms with Crippen LogP contribution in [0.4, 0.5) is 0 Å². The lowest BCUT2D eigenvalue weighted by Gasteiger charge is -2.31. The van der Waals surface area contributed by atoms with Gasteiger partial charge in [-0.2, -0.15) is 0 Å². The van der Waals surface area contributed by atoms with Crippen LogP contribution in [0.25, 0.3) is 0 Å². The average Bonchev–Trinajstić information content (AvgIpc) is 2.76. The summed E-state index contributed by atoms with van der Waals surface area (Å²) in [5.41, 5.74) is 2.84. The van der Waals surface area contributed by atoms with Gasteiger partial charge in [0, 0.05) is 22.6 Å². The van der Waals surface area contributed by atoms with E-state index in [0.29, 0.717) is 15.8 Å². The number of ether oxygens (including phenoxy) is 1. The molecule has 5 nitrogen and oxygen atoms in total. The van der Waals surface area contributed by atoms with Crippen LogP contribution in [0, 0.1) is 13.8 Å². The second-order valence-electron chi connectivity index (χ2n) is 8.89. The third-order valence-electron chi connectivity index (χ3n) is 6.03. The average molecular weight is 491 g/mol. The molecule has 33 heavy (non-hydrogen) atoms. The molecular weight excluding hydrogens is 459 g/mol. The summed E-state index contributed by atoms with van der Waals surface area (Å²) in [5.74, 6) is 0.183. The molecular formula is C26H32Cl2N2O3. The first-order chi connectivity index (χ1) is 15.7. The molecule has 1 saturated carbocycles. The van der Waals surface area contributed by atoms with Gasteiger partial charge in [-0.3, -0.25) is 9.59 Å². The largest absolute Gasteiger partial charge is 0.484 e. The second-order valence-corrected chi connectivity index (χ2v) is 9.73. The molecule has 178 valence electrons. The highest BCUT2D eigenvalue weighted by Gasteiger charge is 2.29. The standard InChI is InChI=1S/C26H32Cl2N2O3/c1-17-11-18(2)13-23(12-17)33-16-25(31)30(15-20-9-10-21(27)14-24(20)28)19(3)26(32)29-22-7-5-4-6-8-22/h9-14,19,22H,4-8,15-16H2,1-3H3,(H,29,32). The highest BCUT2D eigenvalue weighted by Crippen LogP contribution is 2.24. The molecule has 0 aliphatic heterocycles. The zero-order chi connectivity index (χ0) is 24.0. The van der Waals surface area contributed by atoms with Crippen LogP contribution in [0.15, 0.2) is 36.4 Å². The van der Waals surface area contributed by atoms with E-state index in [-0.39, 0.29) is 31.0 Å². The number of rotatable bonds is 8. The maximum Gasteiger partial charge on any atom is 0.261 e. The van der Waals surface area contributed by atoms with Crippen molar-refractivity contribution in [3.63, 3.8) is 0 Å². The summed E-state index contributed by atoms with van der Waals surface area (Å²) in [6.07, 6.45) is 5.39. The maximum atomic E-state index is 13.3. The zero-order valence-electron chi connectivity index (χ0n) is 19.5. The number of nitrogens with one attached hydrogen (secondary N) is 1. The topological polar surface area (TPSA) is 58.6 Å². The number of aryl methyl sites for hydroxylation is 2. The van der Waals surface area contributed by atoms with Crippen molar-refractivity contribution in [2.45, 2.75) is 71.5 Å². The molecule has 0 radical (unpaired) electrons. The normalized spacial score (nSPS) is 15.1. The number of carbonyl (C=O) groups is 2. The van der Waals surface area contributed by atoms with Crippen molar-refractivity contribution >= 4 is 35.0 Å². The molecule has 1 atom stereocenters. The molecule has 1 fully saturated rings. The third-order valence-corrected chi connectivity index (χ3v) is 6.62. The van der Waals surface area contributed by atoms with Crippen LogP contribution in [0.1, 0.15) is 55.7 Å². The van der Waals surface area contributed by atoms with Crippen LogP contribution < -0.4 is 10.1 Å². The molecule has 7 heteroatoms. The van der Waals surface area contributed by atoms with Gasteiger partial charge in [0.05, 0.1) is 0 Å². The van der Waals surface area contributed by atoms with E-state index in [9.17, 15) is 9.59 Å². The SMILES string of the molecule is Cc1cc(C)cc(OCC(=O)N(Cc2ccc(Cl)cc2Cl)C(C)C(=O)NC2CCCCC2)c1. The highest BCUT2D eigenvalue weighted by atomic mass is 35.5. The molecule has 0 bridgehead atoms. The number of hydrogen-bond acceptors (Lipinski definition) is 3. The Bertz CT molecular complexity index is 969. The predicted octanol–water partition coefficient (Wildman–Crippen LogP) is 5.86. The van der Waals surface area contributed by atoms with Crippen LogP contribution in [0.3, 0.4) is 0 Å². The number of amides is 2. The summed E-state index contributed by atoms with van der Waals surface area (Å²) < 4.78 is 5.80. The Labute approximate surface area is 206 Å². The Kier molecular flexibility index (Phi) is 9.04. The minimum absolute atomic E-state index is 0.160. The molecule has 2 aromatic rings. The van der Waals surface area contributed by atoms with Gasteiger partial charge in [0.1, 0.15) is 11.8 Å². The van der Waals surface area contributed by atoms with E-state index < -0.39 is 6.04 Å². The van der Waals surface area contributed by atoms with Gasteiger partial charge < -0.3 is 15.0 Å². The predicted molar refractivity (Wildman–Crippen MR) is 133 cm³/mol. The summed E-state index contributed by atoms with van der Waals surface area (Å²) >= 11 is 12.4. The second kappa shape index (κ2) is 11.8. The Morgan fingerprint density at radius 1 is 1.06 bits per heavy atom. The lowest BCUT2D eigenvalue weighted by molar-refractivity contribution is -0.142.